The number of carbonyl (C=O) groups is 1. The first-order chi connectivity index (χ1) is 12.1. The highest BCUT2D eigenvalue weighted by Crippen LogP contribution is 2.25. The summed E-state index contributed by atoms with van der Waals surface area (Å²) in [5.41, 5.74) is 2.27. The Morgan fingerprint density at radius 3 is 2.72 bits per heavy atom. The number of carbonyl (C=O) groups excluding carboxylic acids is 1. The largest absolute Gasteiger partial charge is 0.467 e. The molecule has 128 valence electrons. The average molecular weight is 340 g/mol. The van der Waals surface area contributed by atoms with Gasteiger partial charge >= 0.3 is 5.97 Å². The first-order valence-electron chi connectivity index (χ1n) is 7.65. The summed E-state index contributed by atoms with van der Waals surface area (Å²) in [5, 5.41) is 7.33. The van der Waals surface area contributed by atoms with Crippen LogP contribution in [0.5, 0.6) is 0 Å². The van der Waals surface area contributed by atoms with Gasteiger partial charge in [0, 0.05) is 18.0 Å². The van der Waals surface area contributed by atoms with Crippen LogP contribution in [0, 0.1) is 12.7 Å². The fraction of sp³-hybridized carbons (Fsp3) is 0.167. The van der Waals surface area contributed by atoms with Gasteiger partial charge in [0.25, 0.3) is 0 Å². The van der Waals surface area contributed by atoms with E-state index >= 15 is 0 Å². The van der Waals surface area contributed by atoms with E-state index in [9.17, 15) is 9.18 Å². The van der Waals surface area contributed by atoms with Crippen molar-refractivity contribution >= 4 is 11.7 Å². The minimum absolute atomic E-state index is 0.337. The number of nitrogens with zero attached hydrogens (tertiary/aromatic N) is 3. The summed E-state index contributed by atoms with van der Waals surface area (Å²) in [7, 11) is 1.32. The molecule has 1 N–H and O–H groups in total. The lowest BCUT2D eigenvalue weighted by molar-refractivity contribution is -0.141. The molecule has 0 aliphatic rings. The zero-order valence-electron chi connectivity index (χ0n) is 13.8. The number of nitrogens with one attached hydrogen (secondary N) is 1. The number of rotatable bonds is 5. The summed E-state index contributed by atoms with van der Waals surface area (Å²) in [6.45, 7) is 1.79. The predicted octanol–water partition coefficient (Wildman–Crippen LogP) is 3.04. The molecule has 25 heavy (non-hydrogen) atoms. The van der Waals surface area contributed by atoms with Crippen molar-refractivity contribution in [2.75, 3.05) is 12.4 Å². The lowest BCUT2D eigenvalue weighted by Crippen LogP contribution is -2.22. The van der Waals surface area contributed by atoms with Crippen LogP contribution in [0.15, 0.2) is 55.0 Å². The van der Waals surface area contributed by atoms with Gasteiger partial charge in [-0.3, -0.25) is 4.98 Å². The Kier molecular flexibility index (Phi) is 4.74. The van der Waals surface area contributed by atoms with E-state index in [0.717, 1.165) is 0 Å². The van der Waals surface area contributed by atoms with E-state index in [1.165, 1.54) is 17.9 Å². The zero-order chi connectivity index (χ0) is 17.8. The van der Waals surface area contributed by atoms with E-state index in [1.54, 1.807) is 55.8 Å². The number of anilines is 1. The molecule has 7 heteroatoms. The number of halogens is 1. The number of para-hydroxylation sites is 1. The molecule has 6 nitrogen and oxygen atoms in total. The van der Waals surface area contributed by atoms with Gasteiger partial charge in [0.1, 0.15) is 11.5 Å². The van der Waals surface area contributed by atoms with Crippen molar-refractivity contribution in [3.8, 4) is 5.69 Å². The minimum atomic E-state index is -0.740. The maximum atomic E-state index is 14.0. The van der Waals surface area contributed by atoms with E-state index in [2.05, 4.69) is 15.4 Å². The molecule has 2 heterocycles. The van der Waals surface area contributed by atoms with Gasteiger partial charge in [0.05, 0.1) is 24.7 Å². The smallest absolute Gasteiger partial charge is 0.333 e. The molecular weight excluding hydrogens is 323 g/mol. The number of methoxy groups -OCH3 is 1. The van der Waals surface area contributed by atoms with E-state index in [1.807, 2.05) is 0 Å². The third-order valence-corrected chi connectivity index (χ3v) is 3.84. The van der Waals surface area contributed by atoms with Crippen molar-refractivity contribution in [1.82, 2.24) is 14.8 Å². The molecule has 2 aromatic heterocycles. The van der Waals surface area contributed by atoms with Crippen molar-refractivity contribution in [2.45, 2.75) is 13.0 Å². The maximum Gasteiger partial charge on any atom is 0.333 e. The number of benzene rings is 1. The summed E-state index contributed by atoms with van der Waals surface area (Å²) in [6, 6.07) is 9.14. The second kappa shape index (κ2) is 7.12. The topological polar surface area (TPSA) is 69.0 Å². The number of pyridine rings is 1. The Balaban J connectivity index is 1.94. The summed E-state index contributed by atoms with van der Waals surface area (Å²) in [5.74, 6) is -0.830. The molecule has 0 unspecified atom stereocenters. The lowest BCUT2D eigenvalue weighted by atomic mass is 10.1. The van der Waals surface area contributed by atoms with Gasteiger partial charge in [0.2, 0.25) is 0 Å². The van der Waals surface area contributed by atoms with Crippen molar-refractivity contribution < 1.29 is 13.9 Å². The molecule has 3 aromatic rings. The average Bonchev–Trinajstić information content (AvgIpc) is 3.00. The number of aromatic nitrogens is 3. The number of ether oxygens (including phenoxy) is 1. The fourth-order valence-corrected chi connectivity index (χ4v) is 2.52. The highest BCUT2D eigenvalue weighted by molar-refractivity contribution is 5.81. The van der Waals surface area contributed by atoms with Gasteiger partial charge in [-0.05, 0) is 25.1 Å². The van der Waals surface area contributed by atoms with Crippen LogP contribution in [0.25, 0.3) is 5.69 Å². The monoisotopic (exact) mass is 340 g/mol. The number of esters is 1. The van der Waals surface area contributed by atoms with Gasteiger partial charge in [-0.2, -0.15) is 5.10 Å². The predicted molar refractivity (Wildman–Crippen MR) is 90.9 cm³/mol. The first kappa shape index (κ1) is 16.6. The molecule has 3 rings (SSSR count). The normalized spacial score (nSPS) is 11.8. The van der Waals surface area contributed by atoms with Crippen LogP contribution >= 0.6 is 0 Å². The summed E-state index contributed by atoms with van der Waals surface area (Å²) in [6.07, 6.45) is 4.76. The summed E-state index contributed by atoms with van der Waals surface area (Å²) >= 11 is 0. The Labute approximate surface area is 144 Å². The second-order valence-corrected chi connectivity index (χ2v) is 5.39. The molecule has 0 saturated carbocycles. The highest BCUT2D eigenvalue weighted by atomic mass is 19.1. The fourth-order valence-electron chi connectivity index (χ4n) is 2.52. The molecule has 1 atom stereocenters. The third-order valence-electron chi connectivity index (χ3n) is 3.84. The third kappa shape index (κ3) is 3.35. The minimum Gasteiger partial charge on any atom is -0.467 e. The molecule has 1 aromatic carbocycles. The molecule has 0 amide bonds. The van der Waals surface area contributed by atoms with Crippen molar-refractivity contribution in [1.29, 1.82) is 0 Å². The Hall–Kier alpha value is -3.22. The molecule has 0 bridgehead atoms. The SMILES string of the molecule is COC(=O)[C@@H](Nc1cnn(-c2ccccc2F)c1C)c1cccnc1. The quantitative estimate of drug-likeness (QED) is 0.723. The van der Waals surface area contributed by atoms with Crippen LogP contribution < -0.4 is 5.32 Å². The highest BCUT2D eigenvalue weighted by Gasteiger charge is 2.23. The van der Waals surface area contributed by atoms with E-state index in [0.29, 0.717) is 22.6 Å². The Morgan fingerprint density at radius 1 is 1.24 bits per heavy atom. The van der Waals surface area contributed by atoms with Crippen LogP contribution in [0.1, 0.15) is 17.3 Å². The van der Waals surface area contributed by atoms with Gasteiger partial charge < -0.3 is 10.1 Å². The molecular formula is C18H17FN4O2. The van der Waals surface area contributed by atoms with Crippen LogP contribution in [0.4, 0.5) is 10.1 Å². The van der Waals surface area contributed by atoms with Crippen LogP contribution in [0.3, 0.4) is 0 Å². The van der Waals surface area contributed by atoms with Crippen molar-refractivity contribution in [2.24, 2.45) is 0 Å². The van der Waals surface area contributed by atoms with Crippen LogP contribution in [-0.4, -0.2) is 27.8 Å². The summed E-state index contributed by atoms with van der Waals surface area (Å²) in [4.78, 5) is 16.2. The molecule has 0 saturated heterocycles. The maximum absolute atomic E-state index is 14.0. The van der Waals surface area contributed by atoms with Crippen molar-refractivity contribution in [3.63, 3.8) is 0 Å². The second-order valence-electron chi connectivity index (χ2n) is 5.39. The first-order valence-corrected chi connectivity index (χ1v) is 7.65. The molecule has 0 fully saturated rings. The molecule has 0 aliphatic heterocycles. The van der Waals surface area contributed by atoms with Gasteiger partial charge in [-0.25, -0.2) is 13.9 Å². The Bertz CT molecular complexity index is 880. The lowest BCUT2D eigenvalue weighted by Gasteiger charge is -2.17. The van der Waals surface area contributed by atoms with Crippen molar-refractivity contribution in [3.05, 3.63) is 72.1 Å². The molecule has 0 spiro atoms. The zero-order valence-corrected chi connectivity index (χ0v) is 13.8. The number of hydrogen-bond donors (Lipinski definition) is 1. The number of hydrogen-bond acceptors (Lipinski definition) is 5. The van der Waals surface area contributed by atoms with E-state index in [4.69, 9.17) is 4.74 Å². The molecule has 0 aliphatic carbocycles. The summed E-state index contributed by atoms with van der Waals surface area (Å²) < 4.78 is 20.4. The van der Waals surface area contributed by atoms with Crippen LogP contribution in [0.2, 0.25) is 0 Å². The van der Waals surface area contributed by atoms with Gasteiger partial charge in [-0.15, -0.1) is 0 Å². The van der Waals surface area contributed by atoms with Gasteiger partial charge in [0.15, 0.2) is 6.04 Å². The van der Waals surface area contributed by atoms with E-state index in [-0.39, 0.29) is 5.82 Å². The Morgan fingerprint density at radius 2 is 2.04 bits per heavy atom. The van der Waals surface area contributed by atoms with Crippen LogP contribution in [-0.2, 0) is 9.53 Å². The van der Waals surface area contributed by atoms with E-state index < -0.39 is 12.0 Å². The standard InChI is InChI=1S/C18H17FN4O2/c1-12-15(11-21-23(12)16-8-4-3-7-14(16)19)22-17(18(24)25-2)13-6-5-9-20-10-13/h3-11,17,22H,1-2H3/t17-/m0/s1. The van der Waals surface area contributed by atoms with Gasteiger partial charge in [-0.1, -0.05) is 18.2 Å². The molecule has 0 radical (unpaired) electrons.